The second-order valence-corrected chi connectivity index (χ2v) is 6.90. The lowest BCUT2D eigenvalue weighted by Gasteiger charge is -2.31. The van der Waals surface area contributed by atoms with Crippen LogP contribution in [0.15, 0.2) is 48.8 Å². The van der Waals surface area contributed by atoms with Crippen LogP contribution < -0.4 is 4.90 Å². The third-order valence-electron chi connectivity index (χ3n) is 5.12. The molecule has 0 aromatic carbocycles. The van der Waals surface area contributed by atoms with E-state index in [0.29, 0.717) is 5.92 Å². The van der Waals surface area contributed by atoms with Crippen LogP contribution in [-0.4, -0.2) is 47.7 Å². The number of aromatic nitrogens is 7. The van der Waals surface area contributed by atoms with Crippen molar-refractivity contribution in [2.24, 2.45) is 0 Å². The molecular formula is C19H20N8. The first kappa shape index (κ1) is 15.9. The first-order valence-electron chi connectivity index (χ1n) is 9.19. The highest BCUT2D eigenvalue weighted by Crippen LogP contribution is 2.29. The summed E-state index contributed by atoms with van der Waals surface area (Å²) in [6.07, 6.45) is 5.99. The average Bonchev–Trinajstić information content (AvgIpc) is 3.35. The molecule has 27 heavy (non-hydrogen) atoms. The van der Waals surface area contributed by atoms with Gasteiger partial charge in [-0.25, -0.2) is 4.68 Å². The maximum absolute atomic E-state index is 4.42. The summed E-state index contributed by atoms with van der Waals surface area (Å²) in [5.74, 6) is 3.11. The molecule has 5 rings (SSSR count). The van der Waals surface area contributed by atoms with Gasteiger partial charge in [-0.15, -0.1) is 20.4 Å². The quantitative estimate of drug-likeness (QED) is 0.558. The Labute approximate surface area is 156 Å². The van der Waals surface area contributed by atoms with E-state index in [1.54, 1.807) is 4.68 Å². The highest BCUT2D eigenvalue weighted by Gasteiger charge is 2.25. The SMILES string of the molecule is Cc1ccn(-c2ccc(N3CCC(c4nnc5ccccn45)CC3)nn2)n1. The molecule has 0 bridgehead atoms. The minimum atomic E-state index is 0.415. The van der Waals surface area contributed by atoms with Crippen molar-refractivity contribution < 1.29 is 0 Å². The number of pyridine rings is 1. The van der Waals surface area contributed by atoms with Gasteiger partial charge in [0.15, 0.2) is 17.3 Å². The lowest BCUT2D eigenvalue weighted by atomic mass is 9.96. The molecule has 0 saturated carbocycles. The van der Waals surface area contributed by atoms with Crippen molar-refractivity contribution in [3.63, 3.8) is 0 Å². The first-order valence-corrected chi connectivity index (χ1v) is 9.19. The Bertz CT molecular complexity index is 1060. The van der Waals surface area contributed by atoms with Gasteiger partial charge in [-0.05, 0) is 50.1 Å². The molecular weight excluding hydrogens is 340 g/mol. The van der Waals surface area contributed by atoms with E-state index >= 15 is 0 Å². The topological polar surface area (TPSA) is 77.0 Å². The van der Waals surface area contributed by atoms with E-state index in [-0.39, 0.29) is 0 Å². The second-order valence-electron chi connectivity index (χ2n) is 6.90. The molecule has 0 aliphatic carbocycles. The summed E-state index contributed by atoms with van der Waals surface area (Å²) in [5.41, 5.74) is 1.87. The summed E-state index contributed by atoms with van der Waals surface area (Å²) in [6, 6.07) is 11.9. The van der Waals surface area contributed by atoms with Crippen LogP contribution in [0.2, 0.25) is 0 Å². The van der Waals surface area contributed by atoms with E-state index in [1.807, 2.05) is 55.7 Å². The Balaban J connectivity index is 1.29. The van der Waals surface area contributed by atoms with Gasteiger partial charge in [-0.1, -0.05) is 6.07 Å². The van der Waals surface area contributed by atoms with Crippen molar-refractivity contribution in [1.29, 1.82) is 0 Å². The largest absolute Gasteiger partial charge is 0.355 e. The summed E-state index contributed by atoms with van der Waals surface area (Å²) in [4.78, 5) is 2.28. The van der Waals surface area contributed by atoms with Gasteiger partial charge < -0.3 is 4.90 Å². The van der Waals surface area contributed by atoms with Crippen LogP contribution in [0.3, 0.4) is 0 Å². The van der Waals surface area contributed by atoms with Crippen LogP contribution in [0.5, 0.6) is 0 Å². The highest BCUT2D eigenvalue weighted by molar-refractivity contribution is 5.41. The molecule has 0 radical (unpaired) electrons. The first-order chi connectivity index (χ1) is 13.3. The van der Waals surface area contributed by atoms with Gasteiger partial charge in [0.1, 0.15) is 5.82 Å². The number of piperidine rings is 1. The van der Waals surface area contributed by atoms with Gasteiger partial charge in [0.25, 0.3) is 0 Å². The minimum absolute atomic E-state index is 0.415. The molecule has 8 heteroatoms. The van der Waals surface area contributed by atoms with Crippen LogP contribution in [0.25, 0.3) is 11.5 Å². The van der Waals surface area contributed by atoms with E-state index in [0.717, 1.165) is 54.7 Å². The van der Waals surface area contributed by atoms with Crippen molar-refractivity contribution in [1.82, 2.24) is 34.6 Å². The Morgan fingerprint density at radius 2 is 1.67 bits per heavy atom. The van der Waals surface area contributed by atoms with Gasteiger partial charge in [0, 0.05) is 31.4 Å². The van der Waals surface area contributed by atoms with E-state index in [2.05, 4.69) is 34.8 Å². The van der Waals surface area contributed by atoms with Crippen molar-refractivity contribution in [2.45, 2.75) is 25.7 Å². The van der Waals surface area contributed by atoms with Gasteiger partial charge in [0.2, 0.25) is 0 Å². The number of anilines is 1. The molecule has 1 saturated heterocycles. The molecule has 1 aliphatic heterocycles. The van der Waals surface area contributed by atoms with Gasteiger partial charge in [0.05, 0.1) is 5.69 Å². The predicted octanol–water partition coefficient (Wildman–Crippen LogP) is 2.40. The van der Waals surface area contributed by atoms with E-state index < -0.39 is 0 Å². The van der Waals surface area contributed by atoms with Crippen molar-refractivity contribution in [3.8, 4) is 5.82 Å². The summed E-state index contributed by atoms with van der Waals surface area (Å²) >= 11 is 0. The van der Waals surface area contributed by atoms with E-state index in [1.165, 1.54) is 0 Å². The monoisotopic (exact) mass is 360 g/mol. The fourth-order valence-electron chi connectivity index (χ4n) is 3.66. The molecule has 136 valence electrons. The number of fused-ring (bicyclic) bond motifs is 1. The number of nitrogens with zero attached hydrogens (tertiary/aromatic N) is 8. The number of hydrogen-bond acceptors (Lipinski definition) is 6. The second kappa shape index (κ2) is 6.46. The molecule has 1 fully saturated rings. The fourth-order valence-corrected chi connectivity index (χ4v) is 3.66. The Hall–Kier alpha value is -3.29. The molecule has 0 atom stereocenters. The van der Waals surface area contributed by atoms with Gasteiger partial charge in [-0.3, -0.25) is 4.40 Å². The van der Waals surface area contributed by atoms with Gasteiger partial charge >= 0.3 is 0 Å². The summed E-state index contributed by atoms with van der Waals surface area (Å²) in [6.45, 7) is 3.82. The Morgan fingerprint density at radius 1 is 0.852 bits per heavy atom. The number of aryl methyl sites for hydroxylation is 1. The zero-order valence-corrected chi connectivity index (χ0v) is 15.1. The number of rotatable bonds is 3. The van der Waals surface area contributed by atoms with Crippen LogP contribution in [-0.2, 0) is 0 Å². The molecule has 0 N–H and O–H groups in total. The highest BCUT2D eigenvalue weighted by atomic mass is 15.4. The van der Waals surface area contributed by atoms with E-state index in [4.69, 9.17) is 0 Å². The zero-order chi connectivity index (χ0) is 18.2. The molecule has 8 nitrogen and oxygen atoms in total. The maximum Gasteiger partial charge on any atom is 0.175 e. The molecule has 5 heterocycles. The summed E-state index contributed by atoms with van der Waals surface area (Å²) < 4.78 is 3.84. The third-order valence-corrected chi connectivity index (χ3v) is 5.12. The molecule has 0 spiro atoms. The number of hydrogen-bond donors (Lipinski definition) is 0. The molecule has 0 amide bonds. The van der Waals surface area contributed by atoms with Crippen LogP contribution in [0, 0.1) is 6.92 Å². The molecule has 4 aromatic heterocycles. The lowest BCUT2D eigenvalue weighted by Crippen LogP contribution is -2.34. The summed E-state index contributed by atoms with van der Waals surface area (Å²) in [5, 5.41) is 21.8. The van der Waals surface area contributed by atoms with Crippen LogP contribution >= 0.6 is 0 Å². The van der Waals surface area contributed by atoms with Crippen molar-refractivity contribution in [2.75, 3.05) is 18.0 Å². The average molecular weight is 360 g/mol. The van der Waals surface area contributed by atoms with E-state index in [9.17, 15) is 0 Å². The maximum atomic E-state index is 4.42. The summed E-state index contributed by atoms with van der Waals surface area (Å²) in [7, 11) is 0. The fraction of sp³-hybridized carbons (Fsp3) is 0.316. The Kier molecular flexibility index (Phi) is 3.81. The molecule has 4 aromatic rings. The minimum Gasteiger partial charge on any atom is -0.355 e. The predicted molar refractivity (Wildman–Crippen MR) is 101 cm³/mol. The molecule has 0 unspecified atom stereocenters. The smallest absolute Gasteiger partial charge is 0.175 e. The normalized spacial score (nSPS) is 15.5. The van der Waals surface area contributed by atoms with Crippen molar-refractivity contribution in [3.05, 3.63) is 60.3 Å². The zero-order valence-electron chi connectivity index (χ0n) is 15.1. The Morgan fingerprint density at radius 3 is 2.41 bits per heavy atom. The third kappa shape index (κ3) is 2.92. The van der Waals surface area contributed by atoms with Crippen LogP contribution in [0.4, 0.5) is 5.82 Å². The standard InChI is InChI=1S/C19H20N8/c1-14-7-13-27(24-14)18-6-5-16(20-22-18)25-11-8-15(9-12-25)19-23-21-17-4-2-3-10-26(17)19/h2-7,10,13,15H,8-9,11-12H2,1H3. The molecule has 1 aliphatic rings. The van der Waals surface area contributed by atoms with Crippen LogP contribution in [0.1, 0.15) is 30.3 Å². The van der Waals surface area contributed by atoms with Gasteiger partial charge in [-0.2, -0.15) is 5.10 Å². The lowest BCUT2D eigenvalue weighted by molar-refractivity contribution is 0.479. The van der Waals surface area contributed by atoms with Crippen molar-refractivity contribution >= 4 is 11.5 Å².